The molecule has 0 heterocycles. The molecule has 4 nitrogen and oxygen atoms in total. The topological polar surface area (TPSA) is 54.9 Å². The summed E-state index contributed by atoms with van der Waals surface area (Å²) in [5, 5.41) is 5.22. The molecule has 0 radical (unpaired) electrons. The molecule has 4 heteroatoms. The van der Waals surface area contributed by atoms with E-state index >= 15 is 0 Å². The maximum Gasteiger partial charge on any atom is 0.287 e. The molecular formula is C25H29N2O2+. The molecule has 1 amide bonds. The van der Waals surface area contributed by atoms with Crippen LogP contribution in [0, 0.1) is 6.92 Å². The highest BCUT2D eigenvalue weighted by Gasteiger charge is 2.28. The van der Waals surface area contributed by atoms with E-state index in [-0.39, 0.29) is 18.0 Å². The summed E-state index contributed by atoms with van der Waals surface area (Å²) in [7, 11) is 1.62. The zero-order valence-electron chi connectivity index (χ0n) is 17.3. The van der Waals surface area contributed by atoms with Crippen LogP contribution < -0.4 is 15.4 Å². The molecule has 0 spiro atoms. The fourth-order valence-corrected chi connectivity index (χ4v) is 3.46. The predicted molar refractivity (Wildman–Crippen MR) is 117 cm³/mol. The zero-order chi connectivity index (χ0) is 20.6. The summed E-state index contributed by atoms with van der Waals surface area (Å²) in [6.45, 7) is 4.24. The Hall–Kier alpha value is -3.11. The van der Waals surface area contributed by atoms with Crippen molar-refractivity contribution in [3.63, 3.8) is 0 Å². The molecule has 0 aliphatic heterocycles. The minimum atomic E-state index is -0.353. The minimum Gasteiger partial charge on any atom is -0.497 e. The number of rotatable bonds is 8. The molecule has 3 rings (SSSR count). The number of hydrogen-bond acceptors (Lipinski definition) is 2. The van der Waals surface area contributed by atoms with E-state index < -0.39 is 0 Å². The van der Waals surface area contributed by atoms with Gasteiger partial charge in [-0.1, -0.05) is 73.2 Å². The van der Waals surface area contributed by atoms with Gasteiger partial charge in [0.25, 0.3) is 5.91 Å². The Kier molecular flexibility index (Phi) is 7.04. The maximum absolute atomic E-state index is 13.3. The molecule has 0 aliphatic rings. The van der Waals surface area contributed by atoms with Gasteiger partial charge in [0.2, 0.25) is 0 Å². The van der Waals surface area contributed by atoms with Crippen LogP contribution in [0.1, 0.15) is 42.1 Å². The van der Waals surface area contributed by atoms with Crippen molar-refractivity contribution in [2.45, 2.75) is 32.4 Å². The van der Waals surface area contributed by atoms with Crippen molar-refractivity contribution in [2.24, 2.45) is 0 Å². The fourth-order valence-electron chi connectivity index (χ4n) is 3.46. The van der Waals surface area contributed by atoms with Crippen LogP contribution in [0.15, 0.2) is 78.9 Å². The van der Waals surface area contributed by atoms with Crippen LogP contribution in [-0.2, 0) is 4.79 Å². The van der Waals surface area contributed by atoms with Crippen molar-refractivity contribution in [3.05, 3.63) is 95.6 Å². The van der Waals surface area contributed by atoms with Crippen LogP contribution in [0.25, 0.3) is 0 Å². The van der Waals surface area contributed by atoms with Gasteiger partial charge in [0.1, 0.15) is 11.8 Å². The van der Waals surface area contributed by atoms with Crippen LogP contribution in [0.2, 0.25) is 0 Å². The van der Waals surface area contributed by atoms with Gasteiger partial charge in [-0.3, -0.25) is 4.79 Å². The Morgan fingerprint density at radius 3 is 2.34 bits per heavy atom. The van der Waals surface area contributed by atoms with Gasteiger partial charge >= 0.3 is 0 Å². The van der Waals surface area contributed by atoms with Gasteiger partial charge in [-0.15, -0.1) is 0 Å². The molecule has 0 fully saturated rings. The molecule has 0 bridgehead atoms. The summed E-state index contributed by atoms with van der Waals surface area (Å²) in [4.78, 5) is 13.3. The molecule has 0 unspecified atom stereocenters. The summed E-state index contributed by atoms with van der Waals surface area (Å²) >= 11 is 0. The van der Waals surface area contributed by atoms with Crippen molar-refractivity contribution in [1.82, 2.24) is 0 Å². The van der Waals surface area contributed by atoms with E-state index in [0.29, 0.717) is 5.75 Å². The van der Waals surface area contributed by atoms with E-state index in [9.17, 15) is 4.79 Å². The summed E-state index contributed by atoms with van der Waals surface area (Å²) in [5.74, 6) is 0.671. The molecule has 2 atom stereocenters. The van der Waals surface area contributed by atoms with Crippen LogP contribution in [0.3, 0.4) is 0 Å². The molecular weight excluding hydrogens is 360 g/mol. The summed E-state index contributed by atoms with van der Waals surface area (Å²) in [6, 6.07) is 25.8. The highest BCUT2D eigenvalue weighted by atomic mass is 16.5. The number of quaternary nitrogens is 1. The van der Waals surface area contributed by atoms with Crippen LogP contribution in [0.5, 0.6) is 5.75 Å². The highest BCUT2D eigenvalue weighted by Crippen LogP contribution is 2.20. The first-order valence-electron chi connectivity index (χ1n) is 10.0. The minimum absolute atomic E-state index is 0.0463. The van der Waals surface area contributed by atoms with Crippen LogP contribution >= 0.6 is 0 Å². The predicted octanol–water partition coefficient (Wildman–Crippen LogP) is 4.40. The summed E-state index contributed by atoms with van der Waals surface area (Å²) < 4.78 is 5.27. The third-order valence-corrected chi connectivity index (χ3v) is 5.15. The monoisotopic (exact) mass is 389 g/mol. The standard InChI is InChI=1S/C25H28N2O2/c1-4-23(19-15-13-18(2)14-16-19)27-24(20-9-6-5-7-10-20)25(28)26-21-11-8-12-22(17-21)29-3/h5-17,23-24,27H,4H2,1-3H3,(H,26,28)/p+1/t23-,24-/m1/s1. The molecule has 0 aromatic heterocycles. The Morgan fingerprint density at radius 2 is 1.69 bits per heavy atom. The quantitative estimate of drug-likeness (QED) is 0.600. The Bertz CT molecular complexity index is 923. The number of ether oxygens (including phenoxy) is 1. The summed E-state index contributed by atoms with van der Waals surface area (Å²) in [6.07, 6.45) is 0.929. The van der Waals surface area contributed by atoms with Crippen molar-refractivity contribution in [1.29, 1.82) is 0 Å². The average Bonchev–Trinajstić information content (AvgIpc) is 2.76. The molecule has 0 saturated carbocycles. The Morgan fingerprint density at radius 1 is 0.966 bits per heavy atom. The van der Waals surface area contributed by atoms with Crippen molar-refractivity contribution in [3.8, 4) is 5.75 Å². The number of amides is 1. The lowest BCUT2D eigenvalue weighted by Gasteiger charge is -2.22. The second kappa shape index (κ2) is 9.89. The first-order chi connectivity index (χ1) is 14.1. The number of anilines is 1. The van der Waals surface area contributed by atoms with Gasteiger partial charge in [0, 0.05) is 29.3 Å². The smallest absolute Gasteiger partial charge is 0.287 e. The lowest BCUT2D eigenvalue weighted by Crippen LogP contribution is -2.88. The molecule has 150 valence electrons. The van der Waals surface area contributed by atoms with E-state index in [0.717, 1.165) is 17.7 Å². The van der Waals surface area contributed by atoms with Gasteiger partial charge in [0.15, 0.2) is 6.04 Å². The fraction of sp³-hybridized carbons (Fsp3) is 0.240. The first kappa shape index (κ1) is 20.6. The number of carbonyl (C=O) groups is 1. The average molecular weight is 390 g/mol. The number of methoxy groups -OCH3 is 1. The lowest BCUT2D eigenvalue weighted by atomic mass is 9.99. The van der Waals surface area contributed by atoms with E-state index in [1.165, 1.54) is 11.1 Å². The van der Waals surface area contributed by atoms with Crippen molar-refractivity contribution in [2.75, 3.05) is 12.4 Å². The van der Waals surface area contributed by atoms with Crippen molar-refractivity contribution >= 4 is 11.6 Å². The number of nitrogens with one attached hydrogen (secondary N) is 1. The molecule has 3 aromatic rings. The van der Waals surface area contributed by atoms with E-state index in [4.69, 9.17) is 4.74 Å². The number of hydrogen-bond donors (Lipinski definition) is 2. The third-order valence-electron chi connectivity index (χ3n) is 5.15. The number of nitrogens with two attached hydrogens (primary N) is 1. The zero-order valence-corrected chi connectivity index (χ0v) is 17.3. The lowest BCUT2D eigenvalue weighted by molar-refractivity contribution is -0.722. The second-order valence-corrected chi connectivity index (χ2v) is 7.23. The molecule has 3 aromatic carbocycles. The maximum atomic E-state index is 13.3. The van der Waals surface area contributed by atoms with Crippen LogP contribution in [0.4, 0.5) is 5.69 Å². The number of aryl methyl sites for hydroxylation is 1. The number of benzene rings is 3. The van der Waals surface area contributed by atoms with E-state index in [1.54, 1.807) is 7.11 Å². The third kappa shape index (κ3) is 5.46. The van der Waals surface area contributed by atoms with E-state index in [2.05, 4.69) is 48.7 Å². The van der Waals surface area contributed by atoms with Crippen LogP contribution in [-0.4, -0.2) is 13.0 Å². The van der Waals surface area contributed by atoms with E-state index in [1.807, 2.05) is 54.6 Å². The molecule has 29 heavy (non-hydrogen) atoms. The highest BCUT2D eigenvalue weighted by molar-refractivity contribution is 5.94. The normalized spacial score (nSPS) is 12.8. The van der Waals surface area contributed by atoms with Crippen molar-refractivity contribution < 1.29 is 14.8 Å². The van der Waals surface area contributed by atoms with Gasteiger partial charge in [-0.25, -0.2) is 0 Å². The van der Waals surface area contributed by atoms with Gasteiger partial charge in [-0.05, 0) is 19.1 Å². The van der Waals surface area contributed by atoms with Gasteiger partial charge in [-0.2, -0.15) is 0 Å². The summed E-state index contributed by atoms with van der Waals surface area (Å²) in [5.41, 5.74) is 4.18. The molecule has 0 aliphatic carbocycles. The van der Waals surface area contributed by atoms with Gasteiger partial charge in [0.05, 0.1) is 7.11 Å². The largest absolute Gasteiger partial charge is 0.497 e. The first-order valence-corrected chi connectivity index (χ1v) is 10.0. The Balaban J connectivity index is 1.85. The number of carbonyl (C=O) groups excluding carboxylic acids is 1. The molecule has 3 N–H and O–H groups in total. The molecule has 0 saturated heterocycles. The SMILES string of the molecule is CC[C@@H]([NH2+][C@@H](C(=O)Nc1cccc(OC)c1)c1ccccc1)c1ccc(C)cc1. The second-order valence-electron chi connectivity index (χ2n) is 7.23. The Labute approximate surface area is 172 Å². The van der Waals surface area contributed by atoms with Gasteiger partial charge < -0.3 is 15.4 Å².